The van der Waals surface area contributed by atoms with Crippen molar-refractivity contribution in [2.75, 3.05) is 6.61 Å². The molecule has 1 heterocycles. The molecule has 0 radical (unpaired) electrons. The van der Waals surface area contributed by atoms with Gasteiger partial charge < -0.3 is 19.1 Å². The predicted octanol–water partition coefficient (Wildman–Crippen LogP) is 1.91. The van der Waals surface area contributed by atoms with Gasteiger partial charge in [0.2, 0.25) is 5.89 Å². The van der Waals surface area contributed by atoms with Gasteiger partial charge in [0.25, 0.3) is 5.22 Å². The maximum atomic E-state index is 11.2. The van der Waals surface area contributed by atoms with E-state index in [-0.39, 0.29) is 10.1 Å². The van der Waals surface area contributed by atoms with Crippen LogP contribution in [0.5, 0.6) is 5.75 Å². The molecule has 0 bridgehead atoms. The molecule has 0 spiro atoms. The van der Waals surface area contributed by atoms with Crippen LogP contribution in [-0.4, -0.2) is 22.8 Å². The Morgan fingerprint density at radius 2 is 2.05 bits per heavy atom. The van der Waals surface area contributed by atoms with Crippen LogP contribution in [0.25, 0.3) is 6.08 Å². The number of aliphatic carboxylic acids is 1. The second-order valence-electron chi connectivity index (χ2n) is 4.22. The molecule has 1 aromatic heterocycles. The SMILES string of the molecule is CCOc1ccc(/C=C(\Sc2nnc(CC)o2)C(=O)[O-])cc1. The molecule has 0 aliphatic rings. The number of hydrogen-bond acceptors (Lipinski definition) is 7. The lowest BCUT2D eigenvalue weighted by atomic mass is 10.2. The van der Waals surface area contributed by atoms with E-state index in [2.05, 4.69) is 10.2 Å². The number of carbonyl (C=O) groups excluding carboxylic acids is 1. The molecule has 0 fully saturated rings. The van der Waals surface area contributed by atoms with Gasteiger partial charge in [-0.15, -0.1) is 10.2 Å². The van der Waals surface area contributed by atoms with Crippen molar-refractivity contribution >= 4 is 23.8 Å². The number of rotatable bonds is 7. The Morgan fingerprint density at radius 1 is 1.32 bits per heavy atom. The summed E-state index contributed by atoms with van der Waals surface area (Å²) in [6.45, 7) is 4.34. The van der Waals surface area contributed by atoms with Crippen LogP contribution in [0.2, 0.25) is 0 Å². The first-order valence-electron chi connectivity index (χ1n) is 6.78. The van der Waals surface area contributed by atoms with Crippen molar-refractivity contribution in [1.29, 1.82) is 0 Å². The lowest BCUT2D eigenvalue weighted by molar-refractivity contribution is -0.298. The molecule has 0 N–H and O–H groups in total. The number of nitrogens with zero attached hydrogens (tertiary/aromatic N) is 2. The molecule has 0 amide bonds. The van der Waals surface area contributed by atoms with Gasteiger partial charge in [0.15, 0.2) is 0 Å². The first kappa shape index (κ1) is 16.1. The molecule has 116 valence electrons. The number of carbonyl (C=O) groups is 1. The Balaban J connectivity index is 2.17. The number of ether oxygens (including phenoxy) is 1. The molecule has 22 heavy (non-hydrogen) atoms. The zero-order chi connectivity index (χ0) is 15.9. The molecule has 6 nitrogen and oxygen atoms in total. The number of benzene rings is 1. The van der Waals surface area contributed by atoms with Crippen LogP contribution in [0.4, 0.5) is 0 Å². The van der Waals surface area contributed by atoms with Gasteiger partial charge in [0.05, 0.1) is 12.6 Å². The van der Waals surface area contributed by atoms with Crippen LogP contribution < -0.4 is 9.84 Å². The minimum absolute atomic E-state index is 0.00420. The van der Waals surface area contributed by atoms with Crippen molar-refractivity contribution in [2.24, 2.45) is 0 Å². The summed E-state index contributed by atoms with van der Waals surface area (Å²) in [4.78, 5) is 11.2. The van der Waals surface area contributed by atoms with E-state index >= 15 is 0 Å². The molecule has 7 heteroatoms. The summed E-state index contributed by atoms with van der Waals surface area (Å²) in [5.41, 5.74) is 0.713. The number of thioether (sulfide) groups is 1. The first-order chi connectivity index (χ1) is 10.6. The van der Waals surface area contributed by atoms with Crippen molar-refractivity contribution in [3.8, 4) is 5.75 Å². The average Bonchev–Trinajstić information content (AvgIpc) is 2.96. The van der Waals surface area contributed by atoms with E-state index in [1.807, 2.05) is 13.8 Å². The number of aryl methyl sites for hydroxylation is 1. The van der Waals surface area contributed by atoms with E-state index in [1.54, 1.807) is 24.3 Å². The van der Waals surface area contributed by atoms with Gasteiger partial charge >= 0.3 is 0 Å². The summed E-state index contributed by atoms with van der Waals surface area (Å²) < 4.78 is 10.6. The summed E-state index contributed by atoms with van der Waals surface area (Å²) in [6.07, 6.45) is 2.09. The van der Waals surface area contributed by atoms with E-state index in [0.29, 0.717) is 24.5 Å². The third-order valence-corrected chi connectivity index (χ3v) is 3.48. The fourth-order valence-electron chi connectivity index (χ4n) is 1.62. The Bertz CT molecular complexity index is 664. The zero-order valence-corrected chi connectivity index (χ0v) is 13.1. The zero-order valence-electron chi connectivity index (χ0n) is 12.2. The molecule has 1 aromatic carbocycles. The Hall–Kier alpha value is -2.28. The Kier molecular flexibility index (Phi) is 5.60. The smallest absolute Gasteiger partial charge is 0.281 e. The summed E-state index contributed by atoms with van der Waals surface area (Å²) in [7, 11) is 0. The highest BCUT2D eigenvalue weighted by Crippen LogP contribution is 2.27. The fourth-order valence-corrected chi connectivity index (χ4v) is 2.31. The lowest BCUT2D eigenvalue weighted by Gasteiger charge is -2.06. The van der Waals surface area contributed by atoms with Crippen LogP contribution in [-0.2, 0) is 11.2 Å². The van der Waals surface area contributed by atoms with Gasteiger partial charge in [0.1, 0.15) is 5.75 Å². The number of aromatic nitrogens is 2. The molecule has 2 rings (SSSR count). The van der Waals surface area contributed by atoms with Crippen LogP contribution in [0.3, 0.4) is 0 Å². The molecule has 2 aromatic rings. The molecular weight excluding hydrogens is 304 g/mol. The van der Waals surface area contributed by atoms with Gasteiger partial charge in [-0.05, 0) is 42.5 Å². The van der Waals surface area contributed by atoms with Crippen molar-refractivity contribution in [2.45, 2.75) is 25.5 Å². The molecular formula is C15H15N2O4S-. The van der Waals surface area contributed by atoms with E-state index in [4.69, 9.17) is 9.15 Å². The second kappa shape index (κ2) is 7.65. The average molecular weight is 319 g/mol. The fraction of sp³-hybridized carbons (Fsp3) is 0.267. The third kappa shape index (κ3) is 4.36. The largest absolute Gasteiger partial charge is 0.544 e. The van der Waals surface area contributed by atoms with E-state index in [9.17, 15) is 9.90 Å². The molecule has 0 unspecified atom stereocenters. The summed E-state index contributed by atoms with van der Waals surface area (Å²) in [6, 6.07) is 7.07. The van der Waals surface area contributed by atoms with E-state index in [1.165, 1.54) is 6.08 Å². The highest BCUT2D eigenvalue weighted by Gasteiger charge is 2.10. The monoisotopic (exact) mass is 319 g/mol. The highest BCUT2D eigenvalue weighted by atomic mass is 32.2. The molecule has 0 saturated heterocycles. The topological polar surface area (TPSA) is 88.3 Å². The van der Waals surface area contributed by atoms with Crippen molar-refractivity contribution in [3.63, 3.8) is 0 Å². The predicted molar refractivity (Wildman–Crippen MR) is 80.1 cm³/mol. The van der Waals surface area contributed by atoms with Crippen molar-refractivity contribution in [3.05, 3.63) is 40.6 Å². The summed E-state index contributed by atoms with van der Waals surface area (Å²) in [5.74, 6) is -0.108. The molecule has 0 atom stereocenters. The van der Waals surface area contributed by atoms with Crippen LogP contribution >= 0.6 is 11.8 Å². The molecule has 0 aliphatic heterocycles. The van der Waals surface area contributed by atoms with E-state index < -0.39 is 5.97 Å². The van der Waals surface area contributed by atoms with Crippen LogP contribution in [0.15, 0.2) is 38.8 Å². The highest BCUT2D eigenvalue weighted by molar-refractivity contribution is 8.03. The van der Waals surface area contributed by atoms with Crippen LogP contribution in [0.1, 0.15) is 25.3 Å². The standard InChI is InChI=1S/C15H16N2O4S/c1-3-13-16-17-15(21-13)22-12(14(18)19)9-10-5-7-11(8-6-10)20-4-2/h5-9H,3-4H2,1-2H3,(H,18,19)/p-1/b12-9-. The van der Waals surface area contributed by atoms with E-state index in [0.717, 1.165) is 17.5 Å². The molecule has 0 aliphatic carbocycles. The van der Waals surface area contributed by atoms with Gasteiger partial charge in [-0.2, -0.15) is 0 Å². The Labute approximate surface area is 132 Å². The third-order valence-electron chi connectivity index (χ3n) is 2.64. The quantitative estimate of drug-likeness (QED) is 0.569. The maximum Gasteiger partial charge on any atom is 0.281 e. The Morgan fingerprint density at radius 3 is 2.59 bits per heavy atom. The summed E-state index contributed by atoms with van der Waals surface area (Å²) >= 11 is 0.870. The molecule has 0 saturated carbocycles. The van der Waals surface area contributed by atoms with Crippen molar-refractivity contribution in [1.82, 2.24) is 10.2 Å². The van der Waals surface area contributed by atoms with Gasteiger partial charge in [-0.3, -0.25) is 0 Å². The maximum absolute atomic E-state index is 11.2. The first-order valence-corrected chi connectivity index (χ1v) is 7.60. The van der Waals surface area contributed by atoms with Gasteiger partial charge in [0, 0.05) is 11.3 Å². The number of carboxylic acids is 1. The van der Waals surface area contributed by atoms with Crippen molar-refractivity contribution < 1.29 is 19.1 Å². The van der Waals surface area contributed by atoms with Gasteiger partial charge in [-0.1, -0.05) is 19.1 Å². The second-order valence-corrected chi connectivity index (χ2v) is 5.21. The normalized spacial score (nSPS) is 11.5. The lowest BCUT2D eigenvalue weighted by Crippen LogP contribution is -2.23. The number of carboxylic acid groups (broad SMARTS) is 1. The van der Waals surface area contributed by atoms with Gasteiger partial charge in [-0.25, -0.2) is 0 Å². The summed E-state index contributed by atoms with van der Waals surface area (Å²) in [5, 5.41) is 19.0. The minimum Gasteiger partial charge on any atom is -0.544 e. The van der Waals surface area contributed by atoms with Crippen LogP contribution in [0, 0.1) is 0 Å². The minimum atomic E-state index is -1.30. The number of hydrogen-bond donors (Lipinski definition) is 0.